The van der Waals surface area contributed by atoms with E-state index in [0.29, 0.717) is 6.54 Å². The van der Waals surface area contributed by atoms with E-state index < -0.39 is 0 Å². The Morgan fingerprint density at radius 2 is 2.00 bits per heavy atom. The normalized spacial score (nSPS) is 18.8. The highest BCUT2D eigenvalue weighted by Gasteiger charge is 2.17. The summed E-state index contributed by atoms with van der Waals surface area (Å²) in [6.07, 6.45) is 0. The third-order valence-electron chi connectivity index (χ3n) is 2.80. The Hall–Kier alpha value is -0.910. The van der Waals surface area contributed by atoms with Crippen molar-refractivity contribution < 1.29 is 4.79 Å². The fourth-order valence-electron chi connectivity index (χ4n) is 1.95. The van der Waals surface area contributed by atoms with Crippen LogP contribution in [0.1, 0.15) is 4.88 Å². The maximum atomic E-state index is 10.8. The SMILES string of the molecule is NC(=O)CN1CCN(Cc2cccs2)CC1. The standard InChI is InChI=1S/C11H17N3OS/c12-11(15)9-14-5-3-13(4-6-14)8-10-2-1-7-16-10/h1-2,7H,3-6,8-9H2,(H2,12,15). The van der Waals surface area contributed by atoms with E-state index in [9.17, 15) is 4.79 Å². The minimum Gasteiger partial charge on any atom is -0.369 e. The third-order valence-corrected chi connectivity index (χ3v) is 3.67. The van der Waals surface area contributed by atoms with E-state index in [4.69, 9.17) is 5.73 Å². The van der Waals surface area contributed by atoms with E-state index >= 15 is 0 Å². The molecule has 2 heterocycles. The molecule has 1 aromatic heterocycles. The monoisotopic (exact) mass is 239 g/mol. The highest BCUT2D eigenvalue weighted by Crippen LogP contribution is 2.13. The van der Waals surface area contributed by atoms with Crippen LogP contribution in [-0.4, -0.2) is 48.4 Å². The predicted octanol–water partition coefficient (Wildman–Crippen LogP) is 0.351. The maximum Gasteiger partial charge on any atom is 0.231 e. The molecule has 0 unspecified atom stereocenters. The average Bonchev–Trinajstić information content (AvgIpc) is 2.73. The number of thiophene rings is 1. The van der Waals surface area contributed by atoms with Crippen molar-refractivity contribution in [2.75, 3.05) is 32.7 Å². The van der Waals surface area contributed by atoms with E-state index in [0.717, 1.165) is 32.7 Å². The number of amides is 1. The van der Waals surface area contributed by atoms with E-state index in [2.05, 4.69) is 27.3 Å². The molecule has 0 spiro atoms. The summed E-state index contributed by atoms with van der Waals surface area (Å²) in [6, 6.07) is 4.25. The lowest BCUT2D eigenvalue weighted by atomic mass is 10.3. The fourth-order valence-corrected chi connectivity index (χ4v) is 2.70. The van der Waals surface area contributed by atoms with E-state index in [1.165, 1.54) is 4.88 Å². The largest absolute Gasteiger partial charge is 0.369 e. The van der Waals surface area contributed by atoms with Gasteiger partial charge in [-0.05, 0) is 11.4 Å². The first-order valence-corrected chi connectivity index (χ1v) is 6.37. The van der Waals surface area contributed by atoms with Crippen molar-refractivity contribution in [1.29, 1.82) is 0 Å². The Labute approximate surface area is 99.6 Å². The molecule has 1 fully saturated rings. The number of nitrogens with zero attached hydrogens (tertiary/aromatic N) is 2. The van der Waals surface area contributed by atoms with Gasteiger partial charge in [0.1, 0.15) is 0 Å². The molecule has 5 heteroatoms. The Morgan fingerprint density at radius 3 is 2.56 bits per heavy atom. The van der Waals surface area contributed by atoms with Crippen LogP contribution < -0.4 is 5.73 Å². The fraction of sp³-hybridized carbons (Fsp3) is 0.545. The molecule has 2 rings (SSSR count). The Balaban J connectivity index is 1.75. The van der Waals surface area contributed by atoms with Gasteiger partial charge in [-0.25, -0.2) is 0 Å². The van der Waals surface area contributed by atoms with E-state index in [1.807, 2.05) is 0 Å². The van der Waals surface area contributed by atoms with Crippen LogP contribution in [0.2, 0.25) is 0 Å². The Bertz CT molecular complexity index is 331. The smallest absolute Gasteiger partial charge is 0.231 e. The first-order chi connectivity index (χ1) is 7.74. The quantitative estimate of drug-likeness (QED) is 0.825. The molecule has 0 bridgehead atoms. The van der Waals surface area contributed by atoms with Crippen LogP contribution in [0.5, 0.6) is 0 Å². The number of rotatable bonds is 4. The Morgan fingerprint density at radius 1 is 1.31 bits per heavy atom. The molecule has 1 amide bonds. The molecule has 0 saturated carbocycles. The highest BCUT2D eigenvalue weighted by molar-refractivity contribution is 7.09. The van der Waals surface area contributed by atoms with Crippen molar-refractivity contribution in [1.82, 2.24) is 9.80 Å². The second-order valence-electron chi connectivity index (χ2n) is 4.10. The molecule has 4 nitrogen and oxygen atoms in total. The summed E-state index contributed by atoms with van der Waals surface area (Å²) in [4.78, 5) is 16.7. The van der Waals surface area contributed by atoms with Gasteiger partial charge in [-0.15, -0.1) is 11.3 Å². The number of nitrogens with two attached hydrogens (primary N) is 1. The molecule has 0 atom stereocenters. The average molecular weight is 239 g/mol. The van der Waals surface area contributed by atoms with Gasteiger partial charge in [0.15, 0.2) is 0 Å². The van der Waals surface area contributed by atoms with Gasteiger partial charge in [0.05, 0.1) is 6.54 Å². The van der Waals surface area contributed by atoms with Crippen molar-refractivity contribution in [2.45, 2.75) is 6.54 Å². The first kappa shape index (κ1) is 11.6. The molecule has 1 aliphatic rings. The number of hydrogen-bond donors (Lipinski definition) is 1. The summed E-state index contributed by atoms with van der Waals surface area (Å²) >= 11 is 1.80. The molecule has 2 N–H and O–H groups in total. The molecule has 1 saturated heterocycles. The van der Waals surface area contributed by atoms with Crippen LogP contribution in [0.4, 0.5) is 0 Å². The summed E-state index contributed by atoms with van der Waals surface area (Å²) in [5.74, 6) is -0.230. The van der Waals surface area contributed by atoms with Crippen molar-refractivity contribution in [3.63, 3.8) is 0 Å². The van der Waals surface area contributed by atoms with Gasteiger partial charge >= 0.3 is 0 Å². The zero-order valence-corrected chi connectivity index (χ0v) is 10.1. The number of carbonyl (C=O) groups is 1. The number of primary amides is 1. The molecule has 0 aliphatic carbocycles. The van der Waals surface area contributed by atoms with E-state index in [1.54, 1.807) is 11.3 Å². The van der Waals surface area contributed by atoms with Gasteiger partial charge in [0.25, 0.3) is 0 Å². The lowest BCUT2D eigenvalue weighted by Crippen LogP contribution is -2.48. The summed E-state index contributed by atoms with van der Waals surface area (Å²) < 4.78 is 0. The molecular weight excluding hydrogens is 222 g/mol. The van der Waals surface area contributed by atoms with Crippen molar-refractivity contribution in [3.05, 3.63) is 22.4 Å². The van der Waals surface area contributed by atoms with Crippen LogP contribution in [0.3, 0.4) is 0 Å². The second-order valence-corrected chi connectivity index (χ2v) is 5.13. The van der Waals surface area contributed by atoms with Gasteiger partial charge in [-0.1, -0.05) is 6.07 Å². The highest BCUT2D eigenvalue weighted by atomic mass is 32.1. The van der Waals surface area contributed by atoms with Crippen LogP contribution >= 0.6 is 11.3 Å². The topological polar surface area (TPSA) is 49.6 Å². The molecule has 1 aliphatic heterocycles. The summed E-state index contributed by atoms with van der Waals surface area (Å²) in [5, 5.41) is 2.11. The molecule has 88 valence electrons. The lowest BCUT2D eigenvalue weighted by Gasteiger charge is -2.33. The van der Waals surface area contributed by atoms with E-state index in [-0.39, 0.29) is 5.91 Å². The van der Waals surface area contributed by atoms with Gasteiger partial charge in [-0.2, -0.15) is 0 Å². The summed E-state index contributed by atoms with van der Waals surface area (Å²) in [7, 11) is 0. The van der Waals surface area contributed by atoms with Crippen molar-refractivity contribution in [3.8, 4) is 0 Å². The maximum absolute atomic E-state index is 10.8. The predicted molar refractivity (Wildman–Crippen MR) is 65.2 cm³/mol. The second kappa shape index (κ2) is 5.43. The van der Waals surface area contributed by atoms with Crippen molar-refractivity contribution in [2.24, 2.45) is 5.73 Å². The summed E-state index contributed by atoms with van der Waals surface area (Å²) in [5.41, 5.74) is 5.18. The molecule has 1 aromatic rings. The van der Waals surface area contributed by atoms with Gasteiger partial charge in [0, 0.05) is 37.6 Å². The van der Waals surface area contributed by atoms with Gasteiger partial charge in [0.2, 0.25) is 5.91 Å². The summed E-state index contributed by atoms with van der Waals surface area (Å²) in [6.45, 7) is 5.34. The molecule has 16 heavy (non-hydrogen) atoms. The lowest BCUT2D eigenvalue weighted by molar-refractivity contribution is -0.119. The minimum atomic E-state index is -0.230. The number of carbonyl (C=O) groups excluding carboxylic acids is 1. The van der Waals surface area contributed by atoms with Crippen LogP contribution in [0, 0.1) is 0 Å². The number of piperazine rings is 1. The molecule has 0 aromatic carbocycles. The molecular formula is C11H17N3OS. The van der Waals surface area contributed by atoms with Crippen molar-refractivity contribution >= 4 is 17.2 Å². The first-order valence-electron chi connectivity index (χ1n) is 5.49. The van der Waals surface area contributed by atoms with Crippen LogP contribution in [0.25, 0.3) is 0 Å². The van der Waals surface area contributed by atoms with Gasteiger partial charge < -0.3 is 5.73 Å². The third kappa shape index (κ3) is 3.30. The zero-order chi connectivity index (χ0) is 11.4. The zero-order valence-electron chi connectivity index (χ0n) is 9.26. The molecule has 0 radical (unpaired) electrons. The van der Waals surface area contributed by atoms with Crippen LogP contribution in [-0.2, 0) is 11.3 Å². The van der Waals surface area contributed by atoms with Gasteiger partial charge in [-0.3, -0.25) is 14.6 Å². The van der Waals surface area contributed by atoms with Crippen LogP contribution in [0.15, 0.2) is 17.5 Å². The number of hydrogen-bond acceptors (Lipinski definition) is 4. The Kier molecular flexibility index (Phi) is 3.93. The minimum absolute atomic E-state index is 0.230.